The van der Waals surface area contributed by atoms with E-state index in [2.05, 4.69) is 32.6 Å². The van der Waals surface area contributed by atoms with Crippen LogP contribution in [0, 0.1) is 5.41 Å². The number of ether oxygens (including phenoxy) is 1. The molecule has 20 heavy (non-hydrogen) atoms. The molecule has 1 aliphatic rings. The second kappa shape index (κ2) is 6.69. The topological polar surface area (TPSA) is 98.0 Å². The fourth-order valence-corrected chi connectivity index (χ4v) is 2.74. The highest BCUT2D eigenvalue weighted by Gasteiger charge is 2.31. The summed E-state index contributed by atoms with van der Waals surface area (Å²) in [7, 11) is 0. The largest absolute Gasteiger partial charge is 0.464 e. The van der Waals surface area contributed by atoms with Crippen LogP contribution in [-0.2, 0) is 0 Å². The van der Waals surface area contributed by atoms with Gasteiger partial charge in [-0.3, -0.25) is 5.43 Å². The fourth-order valence-electron chi connectivity index (χ4n) is 2.74. The quantitative estimate of drug-likeness (QED) is 0.518. The van der Waals surface area contributed by atoms with E-state index in [1.54, 1.807) is 0 Å². The number of hydrogen-bond donors (Lipinski definition) is 3. The van der Waals surface area contributed by atoms with Gasteiger partial charge in [-0.1, -0.05) is 19.8 Å². The minimum Gasteiger partial charge on any atom is -0.464 e. The van der Waals surface area contributed by atoms with Crippen LogP contribution in [0.5, 0.6) is 6.01 Å². The van der Waals surface area contributed by atoms with E-state index in [1.807, 2.05) is 6.92 Å². The van der Waals surface area contributed by atoms with Crippen molar-refractivity contribution >= 4 is 11.9 Å². The third kappa shape index (κ3) is 3.47. The predicted octanol–water partition coefficient (Wildman–Crippen LogP) is 1.94. The highest BCUT2D eigenvalue weighted by molar-refractivity contribution is 5.35. The standard InChI is InChI=1S/C13H24N6O/c1-3-13(7-5-6-8-13)9-15-10-16-11(19-14)18-12(17-10)20-4-2/h3-9,14H2,1-2H3,(H2,15,16,17,18,19). The Kier molecular flexibility index (Phi) is 4.94. The highest BCUT2D eigenvalue weighted by Crippen LogP contribution is 2.40. The summed E-state index contributed by atoms with van der Waals surface area (Å²) < 4.78 is 5.31. The first-order valence-corrected chi connectivity index (χ1v) is 7.31. The molecule has 1 aromatic heterocycles. The molecule has 7 heteroatoms. The number of rotatable bonds is 7. The Labute approximate surface area is 119 Å². The zero-order chi connectivity index (χ0) is 14.4. The molecule has 2 rings (SSSR count). The first kappa shape index (κ1) is 14.8. The summed E-state index contributed by atoms with van der Waals surface area (Å²) in [6.07, 6.45) is 6.33. The molecule has 0 bridgehead atoms. The molecule has 112 valence electrons. The van der Waals surface area contributed by atoms with Crippen molar-refractivity contribution in [3.05, 3.63) is 0 Å². The van der Waals surface area contributed by atoms with E-state index in [4.69, 9.17) is 10.6 Å². The smallest absolute Gasteiger partial charge is 0.323 e. The van der Waals surface area contributed by atoms with E-state index in [1.165, 1.54) is 32.1 Å². The van der Waals surface area contributed by atoms with Gasteiger partial charge in [0.1, 0.15) is 0 Å². The van der Waals surface area contributed by atoms with Gasteiger partial charge in [0.05, 0.1) is 6.61 Å². The summed E-state index contributed by atoms with van der Waals surface area (Å²) in [4.78, 5) is 12.5. The lowest BCUT2D eigenvalue weighted by Gasteiger charge is -2.27. The van der Waals surface area contributed by atoms with Gasteiger partial charge in [0.15, 0.2) is 0 Å². The van der Waals surface area contributed by atoms with Gasteiger partial charge >= 0.3 is 6.01 Å². The predicted molar refractivity (Wildman–Crippen MR) is 78.5 cm³/mol. The van der Waals surface area contributed by atoms with Crippen LogP contribution in [0.1, 0.15) is 46.0 Å². The first-order chi connectivity index (χ1) is 9.71. The molecule has 0 atom stereocenters. The molecule has 1 aromatic rings. The minimum atomic E-state index is 0.287. The number of nitrogens with two attached hydrogens (primary N) is 1. The number of anilines is 2. The zero-order valence-electron chi connectivity index (χ0n) is 12.3. The third-order valence-corrected chi connectivity index (χ3v) is 4.05. The minimum absolute atomic E-state index is 0.287. The SMILES string of the molecule is CCOc1nc(NN)nc(NCC2(CC)CCCC2)n1. The molecule has 0 radical (unpaired) electrons. The van der Waals surface area contributed by atoms with E-state index in [9.17, 15) is 0 Å². The van der Waals surface area contributed by atoms with E-state index in [0.29, 0.717) is 23.9 Å². The number of nitrogens with one attached hydrogen (secondary N) is 2. The molecule has 1 fully saturated rings. The zero-order valence-corrected chi connectivity index (χ0v) is 12.3. The molecule has 0 saturated heterocycles. The molecule has 7 nitrogen and oxygen atoms in total. The molecular weight excluding hydrogens is 256 g/mol. The number of nitrogen functional groups attached to an aromatic ring is 1. The molecule has 0 spiro atoms. The van der Waals surface area contributed by atoms with Crippen molar-refractivity contribution in [1.82, 2.24) is 15.0 Å². The molecule has 0 aliphatic heterocycles. The molecular formula is C13H24N6O. The maximum absolute atomic E-state index is 5.37. The highest BCUT2D eigenvalue weighted by atomic mass is 16.5. The lowest BCUT2D eigenvalue weighted by atomic mass is 9.83. The summed E-state index contributed by atoms with van der Waals surface area (Å²) in [6, 6.07) is 0.287. The number of nitrogens with zero attached hydrogens (tertiary/aromatic N) is 3. The Morgan fingerprint density at radius 3 is 2.45 bits per heavy atom. The van der Waals surface area contributed by atoms with Crippen LogP contribution >= 0.6 is 0 Å². The van der Waals surface area contributed by atoms with Crippen LogP contribution in [0.2, 0.25) is 0 Å². The molecule has 1 heterocycles. The molecule has 4 N–H and O–H groups in total. The number of aromatic nitrogens is 3. The summed E-state index contributed by atoms with van der Waals surface area (Å²) in [5.41, 5.74) is 2.81. The van der Waals surface area contributed by atoms with Gasteiger partial charge in [-0.2, -0.15) is 15.0 Å². The molecule has 0 aromatic carbocycles. The van der Waals surface area contributed by atoms with Gasteiger partial charge in [0.25, 0.3) is 0 Å². The van der Waals surface area contributed by atoms with Crippen LogP contribution < -0.4 is 21.3 Å². The number of hydrazine groups is 1. The van der Waals surface area contributed by atoms with Gasteiger partial charge in [-0.05, 0) is 31.6 Å². The van der Waals surface area contributed by atoms with Crippen LogP contribution in [-0.4, -0.2) is 28.1 Å². The third-order valence-electron chi connectivity index (χ3n) is 4.05. The van der Waals surface area contributed by atoms with Crippen LogP contribution in [0.15, 0.2) is 0 Å². The van der Waals surface area contributed by atoms with Gasteiger partial charge in [0, 0.05) is 6.54 Å². The summed E-state index contributed by atoms with van der Waals surface area (Å²) in [5, 5.41) is 3.31. The van der Waals surface area contributed by atoms with Crippen LogP contribution in [0.3, 0.4) is 0 Å². The van der Waals surface area contributed by atoms with Crippen molar-refractivity contribution in [1.29, 1.82) is 0 Å². The summed E-state index contributed by atoms with van der Waals surface area (Å²) >= 11 is 0. The normalized spacial score (nSPS) is 16.9. The first-order valence-electron chi connectivity index (χ1n) is 7.31. The fraction of sp³-hybridized carbons (Fsp3) is 0.769. The van der Waals surface area contributed by atoms with Gasteiger partial charge in [0.2, 0.25) is 11.9 Å². The maximum atomic E-state index is 5.37. The Bertz CT molecular complexity index is 433. The maximum Gasteiger partial charge on any atom is 0.323 e. The Morgan fingerprint density at radius 1 is 1.15 bits per heavy atom. The average molecular weight is 280 g/mol. The Morgan fingerprint density at radius 2 is 1.85 bits per heavy atom. The second-order valence-electron chi connectivity index (χ2n) is 5.26. The van der Waals surface area contributed by atoms with Crippen LogP contribution in [0.25, 0.3) is 0 Å². The molecule has 0 unspecified atom stereocenters. The van der Waals surface area contributed by atoms with E-state index < -0.39 is 0 Å². The second-order valence-corrected chi connectivity index (χ2v) is 5.26. The van der Waals surface area contributed by atoms with Crippen molar-refractivity contribution in [3.8, 4) is 6.01 Å². The van der Waals surface area contributed by atoms with Crippen molar-refractivity contribution in [2.75, 3.05) is 23.9 Å². The summed E-state index contributed by atoms with van der Waals surface area (Å²) in [5.74, 6) is 6.19. The van der Waals surface area contributed by atoms with Crippen molar-refractivity contribution < 1.29 is 4.74 Å². The Balaban J connectivity index is 2.06. The van der Waals surface area contributed by atoms with Gasteiger partial charge in [-0.25, -0.2) is 5.84 Å². The van der Waals surface area contributed by atoms with Crippen LogP contribution in [0.4, 0.5) is 11.9 Å². The van der Waals surface area contributed by atoms with Crippen molar-refractivity contribution in [2.24, 2.45) is 11.3 Å². The Hall–Kier alpha value is -1.63. The van der Waals surface area contributed by atoms with E-state index in [0.717, 1.165) is 6.54 Å². The monoisotopic (exact) mass is 280 g/mol. The van der Waals surface area contributed by atoms with Crippen molar-refractivity contribution in [3.63, 3.8) is 0 Å². The lowest BCUT2D eigenvalue weighted by Crippen LogP contribution is -2.27. The van der Waals surface area contributed by atoms with E-state index >= 15 is 0 Å². The lowest BCUT2D eigenvalue weighted by molar-refractivity contribution is 0.303. The van der Waals surface area contributed by atoms with Gasteiger partial charge in [-0.15, -0.1) is 0 Å². The van der Waals surface area contributed by atoms with E-state index in [-0.39, 0.29) is 6.01 Å². The number of hydrogen-bond acceptors (Lipinski definition) is 7. The molecule has 1 saturated carbocycles. The van der Waals surface area contributed by atoms with Gasteiger partial charge < -0.3 is 10.1 Å². The molecule has 0 amide bonds. The summed E-state index contributed by atoms with van der Waals surface area (Å²) in [6.45, 7) is 5.52. The average Bonchev–Trinajstić information content (AvgIpc) is 2.95. The van der Waals surface area contributed by atoms with Crippen molar-refractivity contribution in [2.45, 2.75) is 46.0 Å². The molecule has 1 aliphatic carbocycles.